The Labute approximate surface area is 88.7 Å². The molecule has 0 amide bonds. The molecule has 0 fully saturated rings. The van der Waals surface area contributed by atoms with Gasteiger partial charge in [-0.25, -0.2) is 9.59 Å². The number of esters is 1. The molecular formula is C10H16O5. The van der Waals surface area contributed by atoms with Gasteiger partial charge in [0.25, 0.3) is 0 Å². The van der Waals surface area contributed by atoms with Gasteiger partial charge in [-0.2, -0.15) is 0 Å². The van der Waals surface area contributed by atoms with Crippen LogP contribution in [0.25, 0.3) is 0 Å². The van der Waals surface area contributed by atoms with Crippen LogP contribution in [0.5, 0.6) is 0 Å². The van der Waals surface area contributed by atoms with Crippen molar-refractivity contribution in [2.24, 2.45) is 0 Å². The summed E-state index contributed by atoms with van der Waals surface area (Å²) >= 11 is 0. The van der Waals surface area contributed by atoms with E-state index in [1.165, 1.54) is 0 Å². The van der Waals surface area contributed by atoms with Gasteiger partial charge in [-0.1, -0.05) is 13.3 Å². The number of ether oxygens (including phenoxy) is 2. The van der Waals surface area contributed by atoms with Gasteiger partial charge in [0.2, 0.25) is 6.29 Å². The summed E-state index contributed by atoms with van der Waals surface area (Å²) in [7, 11) is 0. The molecule has 1 unspecified atom stereocenters. The average Bonchev–Trinajstić information content (AvgIpc) is 2.15. The van der Waals surface area contributed by atoms with Crippen LogP contribution in [0, 0.1) is 0 Å². The monoisotopic (exact) mass is 216 g/mol. The molecule has 0 aromatic rings. The van der Waals surface area contributed by atoms with E-state index < -0.39 is 18.2 Å². The molecule has 0 aromatic heterocycles. The van der Waals surface area contributed by atoms with Gasteiger partial charge in [-0.05, 0) is 6.92 Å². The zero-order valence-corrected chi connectivity index (χ0v) is 8.93. The number of rotatable bonds is 7. The number of hydrogen-bond donors (Lipinski definition) is 1. The highest BCUT2D eigenvalue weighted by molar-refractivity contribution is 5.90. The minimum atomic E-state index is -1.18. The molecule has 1 N–H and O–H groups in total. The Hall–Kier alpha value is -1.36. The first kappa shape index (κ1) is 13.6. The minimum absolute atomic E-state index is 0.445. The molecule has 0 rings (SSSR count). The number of carboxylic acids is 1. The molecule has 5 nitrogen and oxygen atoms in total. The molecule has 86 valence electrons. The molecule has 0 saturated carbocycles. The molecule has 0 aliphatic rings. The summed E-state index contributed by atoms with van der Waals surface area (Å²) in [4.78, 5) is 21.2. The van der Waals surface area contributed by atoms with Crippen LogP contribution >= 0.6 is 0 Å². The quantitative estimate of drug-likeness (QED) is 0.395. The van der Waals surface area contributed by atoms with Crippen LogP contribution in [0.4, 0.5) is 0 Å². The largest absolute Gasteiger partial charge is 0.478 e. The van der Waals surface area contributed by atoms with Crippen LogP contribution in [0.15, 0.2) is 12.2 Å². The van der Waals surface area contributed by atoms with E-state index in [9.17, 15) is 9.59 Å². The Balaban J connectivity index is 4.04. The standard InChI is InChI=1S/C10H16O5/c1-3-5-10(14-4-2)15-9(13)7-6-8(11)12/h6-7,10H,3-5H2,1-2H3,(H,11,12). The summed E-state index contributed by atoms with van der Waals surface area (Å²) in [5.41, 5.74) is 0. The van der Waals surface area contributed by atoms with Crippen molar-refractivity contribution in [1.29, 1.82) is 0 Å². The van der Waals surface area contributed by atoms with Gasteiger partial charge in [0.1, 0.15) is 0 Å². The van der Waals surface area contributed by atoms with Crippen LogP contribution < -0.4 is 0 Å². The van der Waals surface area contributed by atoms with E-state index in [-0.39, 0.29) is 0 Å². The molecule has 5 heteroatoms. The fraction of sp³-hybridized carbons (Fsp3) is 0.600. The van der Waals surface area contributed by atoms with E-state index in [4.69, 9.17) is 14.6 Å². The van der Waals surface area contributed by atoms with Crippen molar-refractivity contribution in [3.8, 4) is 0 Å². The predicted octanol–water partition coefficient (Wildman–Crippen LogP) is 1.33. The topological polar surface area (TPSA) is 72.8 Å². The van der Waals surface area contributed by atoms with Gasteiger partial charge >= 0.3 is 11.9 Å². The van der Waals surface area contributed by atoms with Crippen LogP contribution in [0.1, 0.15) is 26.7 Å². The first-order chi connectivity index (χ1) is 7.10. The number of hydrogen-bond acceptors (Lipinski definition) is 4. The highest BCUT2D eigenvalue weighted by atomic mass is 16.7. The van der Waals surface area contributed by atoms with Gasteiger partial charge < -0.3 is 14.6 Å². The number of carbonyl (C=O) groups is 2. The van der Waals surface area contributed by atoms with E-state index in [1.54, 1.807) is 6.92 Å². The predicted molar refractivity (Wildman–Crippen MR) is 53.2 cm³/mol. The Morgan fingerprint density at radius 3 is 2.47 bits per heavy atom. The summed E-state index contributed by atoms with van der Waals surface area (Å²) in [5, 5.41) is 8.28. The Morgan fingerprint density at radius 1 is 1.33 bits per heavy atom. The second-order valence-corrected chi connectivity index (χ2v) is 2.78. The van der Waals surface area contributed by atoms with Crippen LogP contribution in [-0.2, 0) is 19.1 Å². The summed E-state index contributed by atoms with van der Waals surface area (Å²) in [6, 6.07) is 0. The zero-order valence-electron chi connectivity index (χ0n) is 8.93. The summed E-state index contributed by atoms with van der Waals surface area (Å²) in [6.45, 7) is 4.18. The van der Waals surface area contributed by atoms with Gasteiger partial charge in [0.05, 0.1) is 0 Å². The molecule has 0 aromatic carbocycles. The van der Waals surface area contributed by atoms with E-state index in [0.717, 1.165) is 18.6 Å². The van der Waals surface area contributed by atoms with Crippen LogP contribution in [-0.4, -0.2) is 29.9 Å². The van der Waals surface area contributed by atoms with Crippen molar-refractivity contribution in [3.05, 3.63) is 12.2 Å². The van der Waals surface area contributed by atoms with E-state index in [1.807, 2.05) is 6.92 Å². The highest BCUT2D eigenvalue weighted by Gasteiger charge is 2.11. The van der Waals surface area contributed by atoms with Gasteiger partial charge in [0, 0.05) is 25.2 Å². The van der Waals surface area contributed by atoms with Crippen molar-refractivity contribution in [2.45, 2.75) is 33.0 Å². The maximum absolute atomic E-state index is 11.1. The maximum Gasteiger partial charge on any atom is 0.333 e. The van der Waals surface area contributed by atoms with Crippen LogP contribution in [0.2, 0.25) is 0 Å². The molecule has 1 atom stereocenters. The lowest BCUT2D eigenvalue weighted by molar-refractivity contribution is -0.173. The third-order valence-electron chi connectivity index (χ3n) is 1.49. The summed E-state index contributed by atoms with van der Waals surface area (Å²) in [5.74, 6) is -1.89. The normalized spacial score (nSPS) is 12.7. The highest BCUT2D eigenvalue weighted by Crippen LogP contribution is 2.04. The number of carbonyl (C=O) groups excluding carboxylic acids is 1. The smallest absolute Gasteiger partial charge is 0.333 e. The van der Waals surface area contributed by atoms with E-state index in [0.29, 0.717) is 13.0 Å². The Bertz CT molecular complexity index is 228. The fourth-order valence-corrected chi connectivity index (χ4v) is 0.906. The lowest BCUT2D eigenvalue weighted by Crippen LogP contribution is -2.20. The van der Waals surface area contributed by atoms with Crippen molar-refractivity contribution >= 4 is 11.9 Å². The summed E-state index contributed by atoms with van der Waals surface area (Å²) < 4.78 is 10.0. The summed E-state index contributed by atoms with van der Waals surface area (Å²) in [6.07, 6.45) is 2.42. The van der Waals surface area contributed by atoms with Crippen molar-refractivity contribution in [2.75, 3.05) is 6.61 Å². The lowest BCUT2D eigenvalue weighted by atomic mass is 10.3. The number of aliphatic carboxylic acids is 1. The maximum atomic E-state index is 11.1. The molecule has 0 aliphatic carbocycles. The van der Waals surface area contributed by atoms with Gasteiger partial charge in [-0.3, -0.25) is 0 Å². The third-order valence-corrected chi connectivity index (χ3v) is 1.49. The molecule has 0 radical (unpaired) electrons. The molecule has 0 heterocycles. The van der Waals surface area contributed by atoms with Crippen molar-refractivity contribution < 1.29 is 24.2 Å². The second-order valence-electron chi connectivity index (χ2n) is 2.78. The molecule has 0 aliphatic heterocycles. The minimum Gasteiger partial charge on any atom is -0.478 e. The fourth-order valence-electron chi connectivity index (χ4n) is 0.906. The Kier molecular flexibility index (Phi) is 7.27. The van der Waals surface area contributed by atoms with Crippen molar-refractivity contribution in [3.63, 3.8) is 0 Å². The third kappa shape index (κ3) is 7.69. The Morgan fingerprint density at radius 2 is 2.00 bits per heavy atom. The van der Waals surface area contributed by atoms with Gasteiger partial charge in [-0.15, -0.1) is 0 Å². The molecule has 15 heavy (non-hydrogen) atoms. The first-order valence-corrected chi connectivity index (χ1v) is 4.83. The average molecular weight is 216 g/mol. The first-order valence-electron chi connectivity index (χ1n) is 4.83. The van der Waals surface area contributed by atoms with E-state index >= 15 is 0 Å². The molecular weight excluding hydrogens is 200 g/mol. The number of carboxylic acid groups (broad SMARTS) is 1. The zero-order chi connectivity index (χ0) is 11.7. The van der Waals surface area contributed by atoms with Gasteiger partial charge in [0.15, 0.2) is 0 Å². The van der Waals surface area contributed by atoms with Crippen molar-refractivity contribution in [1.82, 2.24) is 0 Å². The lowest BCUT2D eigenvalue weighted by Gasteiger charge is -2.15. The molecule has 0 saturated heterocycles. The second kappa shape index (κ2) is 7.99. The molecule has 0 spiro atoms. The van der Waals surface area contributed by atoms with Crippen LogP contribution in [0.3, 0.4) is 0 Å². The SMILES string of the molecule is CCCC(OCC)OC(=O)C=CC(=O)O. The molecule has 0 bridgehead atoms. The van der Waals surface area contributed by atoms with E-state index in [2.05, 4.69) is 0 Å².